The van der Waals surface area contributed by atoms with Crippen LogP contribution in [0.15, 0.2) is 6.33 Å². The van der Waals surface area contributed by atoms with Crippen LogP contribution >= 0.6 is 11.6 Å². The van der Waals surface area contributed by atoms with Crippen LogP contribution in [0.3, 0.4) is 0 Å². The van der Waals surface area contributed by atoms with E-state index in [4.69, 9.17) is 22.1 Å². The van der Waals surface area contributed by atoms with Gasteiger partial charge < -0.3 is 15.4 Å². The summed E-state index contributed by atoms with van der Waals surface area (Å²) >= 11 is 6.20. The first-order valence-electron chi connectivity index (χ1n) is 6.49. The van der Waals surface area contributed by atoms with E-state index in [2.05, 4.69) is 26.8 Å². The zero-order valence-electron chi connectivity index (χ0n) is 10.9. The Morgan fingerprint density at radius 2 is 2.26 bits per heavy atom. The van der Waals surface area contributed by atoms with Gasteiger partial charge in [-0.15, -0.1) is 0 Å². The number of nitrogen functional groups attached to an aromatic ring is 1. The van der Waals surface area contributed by atoms with Crippen LogP contribution in [0.5, 0.6) is 0 Å². The number of anilines is 2. The van der Waals surface area contributed by atoms with Crippen molar-refractivity contribution in [1.82, 2.24) is 14.9 Å². The molecule has 0 aliphatic carbocycles. The van der Waals surface area contributed by atoms with Crippen LogP contribution in [0.4, 0.5) is 11.6 Å². The quantitative estimate of drug-likeness (QED) is 0.815. The summed E-state index contributed by atoms with van der Waals surface area (Å²) in [5.74, 6) is 1.06. The number of aromatic nitrogens is 2. The minimum absolute atomic E-state index is 0.313. The summed E-state index contributed by atoms with van der Waals surface area (Å²) in [5, 5.41) is 0.445. The fourth-order valence-electron chi connectivity index (χ4n) is 2.83. The molecular formula is C12H18ClN5O. The minimum Gasteiger partial charge on any atom is -0.382 e. The van der Waals surface area contributed by atoms with Crippen molar-refractivity contribution >= 4 is 23.2 Å². The molecule has 2 fully saturated rings. The smallest absolute Gasteiger partial charge is 0.153 e. The summed E-state index contributed by atoms with van der Waals surface area (Å²) in [4.78, 5) is 12.7. The number of rotatable bonds is 1. The van der Waals surface area contributed by atoms with E-state index in [9.17, 15) is 0 Å². The van der Waals surface area contributed by atoms with Crippen molar-refractivity contribution in [2.75, 3.05) is 43.9 Å². The van der Waals surface area contributed by atoms with E-state index in [-0.39, 0.29) is 0 Å². The number of fused-ring (bicyclic) bond motifs is 1. The number of piperidine rings is 1. The molecule has 2 aliphatic rings. The van der Waals surface area contributed by atoms with Crippen molar-refractivity contribution in [2.24, 2.45) is 0 Å². The predicted molar refractivity (Wildman–Crippen MR) is 74.4 cm³/mol. The molecule has 3 heterocycles. The number of hydrogen-bond donors (Lipinski definition) is 1. The van der Waals surface area contributed by atoms with Gasteiger partial charge in [-0.2, -0.15) is 0 Å². The van der Waals surface area contributed by atoms with Gasteiger partial charge in [-0.3, -0.25) is 4.90 Å². The topological polar surface area (TPSA) is 67.5 Å². The van der Waals surface area contributed by atoms with Crippen molar-refractivity contribution < 1.29 is 4.74 Å². The van der Waals surface area contributed by atoms with Gasteiger partial charge in [-0.05, 0) is 13.5 Å². The molecule has 2 aliphatic heterocycles. The Hall–Kier alpha value is -1.11. The summed E-state index contributed by atoms with van der Waals surface area (Å²) in [6.45, 7) is 3.52. The molecule has 0 unspecified atom stereocenters. The molecule has 0 amide bonds. The van der Waals surface area contributed by atoms with Crippen LogP contribution in [0.1, 0.15) is 6.42 Å². The van der Waals surface area contributed by atoms with Crippen LogP contribution in [-0.2, 0) is 4.74 Å². The van der Waals surface area contributed by atoms with Gasteiger partial charge in [0.25, 0.3) is 0 Å². The van der Waals surface area contributed by atoms with Gasteiger partial charge in [0.2, 0.25) is 0 Å². The average molecular weight is 284 g/mol. The number of morpholine rings is 1. The third kappa shape index (κ3) is 2.35. The van der Waals surface area contributed by atoms with Gasteiger partial charge in [0, 0.05) is 19.6 Å². The molecule has 0 saturated carbocycles. The lowest BCUT2D eigenvalue weighted by Crippen LogP contribution is -2.59. The predicted octanol–water partition coefficient (Wildman–Crippen LogP) is 0.621. The number of nitrogens with zero attached hydrogens (tertiary/aromatic N) is 4. The summed E-state index contributed by atoms with van der Waals surface area (Å²) in [5.41, 5.74) is 5.74. The molecule has 3 rings (SSSR count). The van der Waals surface area contributed by atoms with Crippen LogP contribution in [0, 0.1) is 0 Å². The van der Waals surface area contributed by atoms with E-state index in [0.717, 1.165) is 38.5 Å². The second-order valence-electron chi connectivity index (χ2n) is 5.09. The third-order valence-electron chi connectivity index (χ3n) is 3.96. The van der Waals surface area contributed by atoms with Crippen molar-refractivity contribution in [1.29, 1.82) is 0 Å². The minimum atomic E-state index is 0.313. The first kappa shape index (κ1) is 12.9. The normalized spacial score (nSPS) is 28.2. The van der Waals surface area contributed by atoms with Gasteiger partial charge in [-0.25, -0.2) is 9.97 Å². The standard InChI is InChI=1S/C12H18ClN5O/c1-17-4-5-19-9-2-3-18(6-8(9)17)12-10(13)11(14)15-7-16-12/h7-9H,2-6H2,1H3,(H2,14,15,16)/t8-,9+/m0/s1. The van der Waals surface area contributed by atoms with Crippen LogP contribution in [0.25, 0.3) is 0 Å². The molecule has 2 atom stereocenters. The van der Waals surface area contributed by atoms with Gasteiger partial charge in [0.15, 0.2) is 5.82 Å². The van der Waals surface area contributed by atoms with E-state index in [0.29, 0.717) is 23.0 Å². The number of nitrogens with two attached hydrogens (primary N) is 1. The summed E-state index contributed by atoms with van der Waals surface area (Å²) in [6, 6.07) is 0.384. The molecule has 1 aromatic rings. The summed E-state index contributed by atoms with van der Waals surface area (Å²) in [6.07, 6.45) is 2.76. The Balaban J connectivity index is 1.81. The second-order valence-corrected chi connectivity index (χ2v) is 5.47. The average Bonchev–Trinajstić information content (AvgIpc) is 2.42. The molecule has 104 valence electrons. The summed E-state index contributed by atoms with van der Waals surface area (Å²) in [7, 11) is 2.14. The van der Waals surface area contributed by atoms with Crippen LogP contribution in [-0.4, -0.2) is 60.3 Å². The maximum atomic E-state index is 6.20. The molecular weight excluding hydrogens is 266 g/mol. The van der Waals surface area contributed by atoms with Gasteiger partial charge in [0.1, 0.15) is 17.2 Å². The van der Waals surface area contributed by atoms with Crippen molar-refractivity contribution in [3.63, 3.8) is 0 Å². The molecule has 0 radical (unpaired) electrons. The van der Waals surface area contributed by atoms with Crippen molar-refractivity contribution in [2.45, 2.75) is 18.6 Å². The number of hydrogen-bond acceptors (Lipinski definition) is 6. The highest BCUT2D eigenvalue weighted by atomic mass is 35.5. The largest absolute Gasteiger partial charge is 0.382 e. The molecule has 6 nitrogen and oxygen atoms in total. The number of ether oxygens (including phenoxy) is 1. The molecule has 0 aromatic carbocycles. The highest BCUT2D eigenvalue weighted by Crippen LogP contribution is 2.31. The first-order valence-corrected chi connectivity index (χ1v) is 6.87. The molecule has 0 bridgehead atoms. The van der Waals surface area contributed by atoms with Gasteiger partial charge >= 0.3 is 0 Å². The Morgan fingerprint density at radius 3 is 3.11 bits per heavy atom. The monoisotopic (exact) mass is 283 g/mol. The molecule has 0 spiro atoms. The zero-order valence-corrected chi connectivity index (χ0v) is 11.7. The molecule has 19 heavy (non-hydrogen) atoms. The third-order valence-corrected chi connectivity index (χ3v) is 4.32. The van der Waals surface area contributed by atoms with E-state index in [1.807, 2.05) is 0 Å². The Bertz CT molecular complexity index is 471. The maximum absolute atomic E-state index is 6.20. The van der Waals surface area contributed by atoms with Gasteiger partial charge in [0.05, 0.1) is 18.8 Å². The SMILES string of the molecule is CN1CCO[C@@H]2CCN(c3ncnc(N)c3Cl)C[C@@H]21. The lowest BCUT2D eigenvalue weighted by Gasteiger charge is -2.46. The molecule has 2 saturated heterocycles. The fraction of sp³-hybridized carbons (Fsp3) is 0.667. The highest BCUT2D eigenvalue weighted by Gasteiger charge is 2.36. The maximum Gasteiger partial charge on any atom is 0.153 e. The Labute approximate surface area is 117 Å². The number of likely N-dealkylation sites (N-methyl/N-ethyl adjacent to an activating group) is 1. The molecule has 2 N–H and O–H groups in total. The van der Waals surface area contributed by atoms with Gasteiger partial charge in [-0.1, -0.05) is 11.6 Å². The van der Waals surface area contributed by atoms with Crippen molar-refractivity contribution in [3.8, 4) is 0 Å². The molecule has 7 heteroatoms. The van der Waals surface area contributed by atoms with E-state index in [1.165, 1.54) is 6.33 Å². The number of halogens is 1. The highest BCUT2D eigenvalue weighted by molar-refractivity contribution is 6.35. The lowest BCUT2D eigenvalue weighted by atomic mass is 9.99. The van der Waals surface area contributed by atoms with E-state index in [1.54, 1.807) is 0 Å². The van der Waals surface area contributed by atoms with E-state index >= 15 is 0 Å². The fourth-order valence-corrected chi connectivity index (χ4v) is 3.05. The Kier molecular flexibility index (Phi) is 3.47. The van der Waals surface area contributed by atoms with Crippen LogP contribution in [0.2, 0.25) is 5.02 Å². The summed E-state index contributed by atoms with van der Waals surface area (Å²) < 4.78 is 5.83. The van der Waals surface area contributed by atoms with E-state index < -0.39 is 0 Å². The molecule has 1 aromatic heterocycles. The second kappa shape index (κ2) is 5.11. The zero-order chi connectivity index (χ0) is 13.4. The lowest BCUT2D eigenvalue weighted by molar-refractivity contribution is -0.0687. The Morgan fingerprint density at radius 1 is 1.42 bits per heavy atom. The van der Waals surface area contributed by atoms with Crippen LogP contribution < -0.4 is 10.6 Å². The first-order chi connectivity index (χ1) is 9.16. The van der Waals surface area contributed by atoms with Crippen molar-refractivity contribution in [3.05, 3.63) is 11.3 Å².